The minimum atomic E-state index is 0.854. The van der Waals surface area contributed by atoms with Crippen molar-refractivity contribution in [1.82, 2.24) is 4.90 Å². The van der Waals surface area contributed by atoms with Crippen molar-refractivity contribution in [2.45, 2.75) is 64.8 Å². The van der Waals surface area contributed by atoms with Crippen molar-refractivity contribution in [3.8, 4) is 0 Å². The molecule has 2 heteroatoms. The molecule has 1 rings (SSSR count). The highest BCUT2D eigenvalue weighted by molar-refractivity contribution is 9.09. The molecule has 0 aromatic heterocycles. The SMILES string of the molecule is CCCC(CBr)CN(CC)C1CCCCC1. The van der Waals surface area contributed by atoms with Crippen molar-refractivity contribution in [3.05, 3.63) is 0 Å². The van der Waals surface area contributed by atoms with Crippen LogP contribution < -0.4 is 0 Å². The van der Waals surface area contributed by atoms with Gasteiger partial charge in [0.05, 0.1) is 0 Å². The largest absolute Gasteiger partial charge is 0.300 e. The molecule has 1 aliphatic rings. The Morgan fingerprint density at radius 1 is 1.19 bits per heavy atom. The summed E-state index contributed by atoms with van der Waals surface area (Å²) >= 11 is 3.67. The first-order valence-corrected chi connectivity index (χ1v) is 8.23. The van der Waals surface area contributed by atoms with Gasteiger partial charge in [-0.3, -0.25) is 0 Å². The molecule has 0 aliphatic heterocycles. The predicted octanol–water partition coefficient (Wildman–Crippen LogP) is 4.45. The van der Waals surface area contributed by atoms with Crippen LogP contribution in [-0.4, -0.2) is 29.4 Å². The van der Waals surface area contributed by atoms with E-state index < -0.39 is 0 Å². The van der Waals surface area contributed by atoms with Gasteiger partial charge >= 0.3 is 0 Å². The standard InChI is InChI=1S/C14H28BrN/c1-3-8-13(11-15)12-16(4-2)14-9-6-5-7-10-14/h13-14H,3-12H2,1-2H3. The van der Waals surface area contributed by atoms with E-state index in [-0.39, 0.29) is 0 Å². The van der Waals surface area contributed by atoms with Crippen molar-refractivity contribution in [3.63, 3.8) is 0 Å². The van der Waals surface area contributed by atoms with Gasteiger partial charge in [-0.1, -0.05) is 55.5 Å². The first-order chi connectivity index (χ1) is 7.81. The van der Waals surface area contributed by atoms with E-state index in [1.54, 1.807) is 0 Å². The first kappa shape index (κ1) is 14.5. The van der Waals surface area contributed by atoms with E-state index in [1.165, 1.54) is 63.4 Å². The zero-order valence-electron chi connectivity index (χ0n) is 11.1. The highest BCUT2D eigenvalue weighted by Gasteiger charge is 2.21. The van der Waals surface area contributed by atoms with Crippen LogP contribution in [0.3, 0.4) is 0 Å². The van der Waals surface area contributed by atoms with E-state index in [1.807, 2.05) is 0 Å². The van der Waals surface area contributed by atoms with Gasteiger partial charge in [0, 0.05) is 17.9 Å². The summed E-state index contributed by atoms with van der Waals surface area (Å²) in [5.74, 6) is 0.854. The van der Waals surface area contributed by atoms with Gasteiger partial charge in [-0.25, -0.2) is 0 Å². The molecule has 0 bridgehead atoms. The van der Waals surface area contributed by atoms with Crippen LogP contribution >= 0.6 is 15.9 Å². The molecule has 1 nitrogen and oxygen atoms in total. The molecule has 0 N–H and O–H groups in total. The van der Waals surface area contributed by atoms with Gasteiger partial charge in [-0.2, -0.15) is 0 Å². The van der Waals surface area contributed by atoms with Gasteiger partial charge in [-0.15, -0.1) is 0 Å². The molecule has 0 aromatic rings. The third-order valence-electron chi connectivity index (χ3n) is 3.91. The number of halogens is 1. The molecule has 0 amide bonds. The normalized spacial score (nSPS) is 20.2. The second-order valence-corrected chi connectivity index (χ2v) is 5.84. The second-order valence-electron chi connectivity index (χ2n) is 5.19. The maximum atomic E-state index is 3.67. The molecule has 0 saturated heterocycles. The Morgan fingerprint density at radius 2 is 1.88 bits per heavy atom. The number of hydrogen-bond donors (Lipinski definition) is 0. The van der Waals surface area contributed by atoms with Crippen molar-refractivity contribution in [2.75, 3.05) is 18.4 Å². The van der Waals surface area contributed by atoms with Crippen LogP contribution in [0.1, 0.15) is 58.8 Å². The molecule has 0 aromatic carbocycles. The molecule has 1 fully saturated rings. The predicted molar refractivity (Wildman–Crippen MR) is 76.3 cm³/mol. The molecule has 0 radical (unpaired) electrons. The van der Waals surface area contributed by atoms with Gasteiger partial charge in [-0.05, 0) is 31.7 Å². The Kier molecular flexibility index (Phi) is 7.72. The van der Waals surface area contributed by atoms with Gasteiger partial charge in [0.2, 0.25) is 0 Å². The van der Waals surface area contributed by atoms with Crippen LogP contribution in [0, 0.1) is 5.92 Å². The Bertz CT molecular complexity index is 166. The molecule has 16 heavy (non-hydrogen) atoms. The molecule has 1 atom stereocenters. The van der Waals surface area contributed by atoms with Crippen molar-refractivity contribution in [2.24, 2.45) is 5.92 Å². The van der Waals surface area contributed by atoms with Gasteiger partial charge < -0.3 is 4.90 Å². The van der Waals surface area contributed by atoms with Crippen LogP contribution in [0.4, 0.5) is 0 Å². The van der Waals surface area contributed by atoms with Crippen LogP contribution in [0.15, 0.2) is 0 Å². The fraction of sp³-hybridized carbons (Fsp3) is 1.00. The Hall–Kier alpha value is 0.440. The van der Waals surface area contributed by atoms with Crippen LogP contribution in [-0.2, 0) is 0 Å². The van der Waals surface area contributed by atoms with E-state index in [4.69, 9.17) is 0 Å². The average molecular weight is 290 g/mol. The minimum absolute atomic E-state index is 0.854. The maximum absolute atomic E-state index is 3.67. The maximum Gasteiger partial charge on any atom is 0.00952 e. The first-order valence-electron chi connectivity index (χ1n) is 7.11. The lowest BCUT2D eigenvalue weighted by Gasteiger charge is -2.35. The molecular weight excluding hydrogens is 262 g/mol. The number of alkyl halides is 1. The lowest BCUT2D eigenvalue weighted by molar-refractivity contribution is 0.142. The Morgan fingerprint density at radius 3 is 2.38 bits per heavy atom. The summed E-state index contributed by atoms with van der Waals surface area (Å²) in [6.45, 7) is 7.16. The Balaban J connectivity index is 2.39. The van der Waals surface area contributed by atoms with E-state index in [0.717, 1.165) is 12.0 Å². The third kappa shape index (κ3) is 4.75. The van der Waals surface area contributed by atoms with E-state index in [0.29, 0.717) is 0 Å². The molecule has 1 aliphatic carbocycles. The van der Waals surface area contributed by atoms with E-state index in [9.17, 15) is 0 Å². The van der Waals surface area contributed by atoms with Gasteiger partial charge in [0.25, 0.3) is 0 Å². The molecule has 0 heterocycles. The molecule has 1 saturated carbocycles. The monoisotopic (exact) mass is 289 g/mol. The number of rotatable bonds is 7. The Labute approximate surface area is 110 Å². The average Bonchev–Trinajstić information content (AvgIpc) is 2.35. The lowest BCUT2D eigenvalue weighted by atomic mass is 9.93. The fourth-order valence-electron chi connectivity index (χ4n) is 2.94. The van der Waals surface area contributed by atoms with Crippen molar-refractivity contribution in [1.29, 1.82) is 0 Å². The molecule has 96 valence electrons. The fourth-order valence-corrected chi connectivity index (χ4v) is 3.47. The summed E-state index contributed by atoms with van der Waals surface area (Å²) in [5.41, 5.74) is 0. The second kappa shape index (κ2) is 8.52. The molecule has 0 spiro atoms. The summed E-state index contributed by atoms with van der Waals surface area (Å²) in [6, 6.07) is 0.886. The summed E-state index contributed by atoms with van der Waals surface area (Å²) in [7, 11) is 0. The number of nitrogens with zero attached hydrogens (tertiary/aromatic N) is 1. The van der Waals surface area contributed by atoms with Crippen LogP contribution in [0.25, 0.3) is 0 Å². The summed E-state index contributed by atoms with van der Waals surface area (Å²) in [5, 5.41) is 1.17. The quantitative estimate of drug-likeness (QED) is 0.626. The van der Waals surface area contributed by atoms with Gasteiger partial charge in [0.1, 0.15) is 0 Å². The van der Waals surface area contributed by atoms with Crippen LogP contribution in [0.5, 0.6) is 0 Å². The highest BCUT2D eigenvalue weighted by atomic mass is 79.9. The lowest BCUT2D eigenvalue weighted by Crippen LogP contribution is -2.40. The third-order valence-corrected chi connectivity index (χ3v) is 4.82. The summed E-state index contributed by atoms with van der Waals surface area (Å²) < 4.78 is 0. The zero-order chi connectivity index (χ0) is 11.8. The van der Waals surface area contributed by atoms with Crippen molar-refractivity contribution >= 4 is 15.9 Å². The molecule has 1 unspecified atom stereocenters. The summed E-state index contributed by atoms with van der Waals surface area (Å²) in [4.78, 5) is 2.74. The van der Waals surface area contributed by atoms with Gasteiger partial charge in [0.15, 0.2) is 0 Å². The van der Waals surface area contributed by atoms with Crippen LogP contribution in [0.2, 0.25) is 0 Å². The van der Waals surface area contributed by atoms with E-state index >= 15 is 0 Å². The topological polar surface area (TPSA) is 3.24 Å². The smallest absolute Gasteiger partial charge is 0.00952 e. The van der Waals surface area contributed by atoms with E-state index in [2.05, 4.69) is 34.7 Å². The molecular formula is C14H28BrN. The number of hydrogen-bond acceptors (Lipinski definition) is 1. The minimum Gasteiger partial charge on any atom is -0.300 e. The summed E-state index contributed by atoms with van der Waals surface area (Å²) in [6.07, 6.45) is 9.93. The zero-order valence-corrected chi connectivity index (χ0v) is 12.6. The highest BCUT2D eigenvalue weighted by Crippen LogP contribution is 2.24. The van der Waals surface area contributed by atoms with Crippen molar-refractivity contribution < 1.29 is 0 Å².